The molecule has 2 heterocycles. The fourth-order valence-corrected chi connectivity index (χ4v) is 2.50. The number of ether oxygens (including phenoxy) is 1. The maximum Gasteiger partial charge on any atom is 0.322 e. The van der Waals surface area contributed by atoms with E-state index in [0.29, 0.717) is 18.1 Å². The van der Waals surface area contributed by atoms with Crippen LogP contribution in [0.25, 0.3) is 11.5 Å². The van der Waals surface area contributed by atoms with Crippen LogP contribution >= 0.6 is 0 Å². The topological polar surface area (TPSA) is 77.3 Å². The molecule has 6 nitrogen and oxygen atoms in total. The number of rotatable bonds is 3. The van der Waals surface area contributed by atoms with Crippen molar-refractivity contribution in [1.82, 2.24) is 10.2 Å². The largest absolute Gasteiger partial charge is 0.480 e. The van der Waals surface area contributed by atoms with Crippen LogP contribution in [0.15, 0.2) is 52.9 Å². The van der Waals surface area contributed by atoms with Gasteiger partial charge in [-0.1, -0.05) is 29.4 Å². The van der Waals surface area contributed by atoms with Crippen LogP contribution in [-0.2, 0) is 11.2 Å². The maximum atomic E-state index is 13.2. The first-order chi connectivity index (χ1) is 11.7. The number of hydrogen-bond donors (Lipinski definition) is 1. The van der Waals surface area contributed by atoms with Crippen LogP contribution in [0, 0.1) is 5.82 Å². The molecule has 0 radical (unpaired) electrons. The predicted octanol–water partition coefficient (Wildman–Crippen LogP) is 2.82. The molecule has 0 aliphatic carbocycles. The van der Waals surface area contributed by atoms with Crippen LogP contribution in [-0.4, -0.2) is 22.2 Å². The van der Waals surface area contributed by atoms with Gasteiger partial charge in [0.1, 0.15) is 11.6 Å². The van der Waals surface area contributed by atoms with Crippen molar-refractivity contribution in [2.45, 2.75) is 12.5 Å². The minimum Gasteiger partial charge on any atom is -0.480 e. The van der Waals surface area contributed by atoms with E-state index in [0.717, 1.165) is 11.1 Å². The Morgan fingerprint density at radius 3 is 2.83 bits per heavy atom. The van der Waals surface area contributed by atoms with Crippen molar-refractivity contribution >= 4 is 11.9 Å². The first kappa shape index (κ1) is 14.4. The third kappa shape index (κ3) is 2.71. The van der Waals surface area contributed by atoms with E-state index in [9.17, 15) is 9.18 Å². The van der Waals surface area contributed by atoms with Crippen molar-refractivity contribution in [3.63, 3.8) is 0 Å². The van der Waals surface area contributed by atoms with Gasteiger partial charge >= 0.3 is 6.01 Å². The fraction of sp³-hybridized carbons (Fsp3) is 0.118. The number of nitrogens with one attached hydrogen (secondary N) is 1. The molecule has 1 atom stereocenters. The molecule has 0 saturated carbocycles. The number of aromatic nitrogens is 2. The Morgan fingerprint density at radius 1 is 1.17 bits per heavy atom. The van der Waals surface area contributed by atoms with Crippen molar-refractivity contribution in [3.05, 3.63) is 59.9 Å². The average molecular weight is 325 g/mol. The highest BCUT2D eigenvalue weighted by atomic mass is 19.1. The van der Waals surface area contributed by atoms with Gasteiger partial charge in [-0.05, 0) is 23.8 Å². The summed E-state index contributed by atoms with van der Waals surface area (Å²) in [6.07, 6.45) is -0.393. The molecular weight excluding hydrogens is 313 g/mol. The molecule has 1 unspecified atom stereocenters. The molecule has 1 amide bonds. The molecule has 2 aromatic carbocycles. The lowest BCUT2D eigenvalue weighted by Crippen LogP contribution is -2.31. The molecule has 0 spiro atoms. The molecule has 0 bridgehead atoms. The van der Waals surface area contributed by atoms with E-state index in [1.165, 1.54) is 12.1 Å². The Morgan fingerprint density at radius 2 is 2.00 bits per heavy atom. The summed E-state index contributed by atoms with van der Waals surface area (Å²) in [6.45, 7) is 0. The molecule has 1 aliphatic rings. The maximum absolute atomic E-state index is 13.2. The van der Waals surface area contributed by atoms with E-state index >= 15 is 0 Å². The van der Waals surface area contributed by atoms with Crippen LogP contribution in [0.5, 0.6) is 5.75 Å². The highest BCUT2D eigenvalue weighted by Gasteiger charge is 2.30. The Hall–Kier alpha value is -3.22. The van der Waals surface area contributed by atoms with Gasteiger partial charge in [0, 0.05) is 18.1 Å². The Bertz CT molecular complexity index is 895. The number of amides is 1. The average Bonchev–Trinajstić information content (AvgIpc) is 3.22. The van der Waals surface area contributed by atoms with Crippen molar-refractivity contribution in [3.8, 4) is 17.2 Å². The molecular formula is C17H12FN3O3. The lowest BCUT2D eigenvalue weighted by Gasteiger charge is -2.08. The minimum absolute atomic E-state index is 0.00964. The van der Waals surface area contributed by atoms with E-state index in [4.69, 9.17) is 9.15 Å². The fourth-order valence-electron chi connectivity index (χ4n) is 2.50. The molecule has 1 aromatic heterocycles. The summed E-state index contributed by atoms with van der Waals surface area (Å²) in [5, 5.41) is 10.2. The normalized spacial score (nSPS) is 15.6. The third-order valence-electron chi connectivity index (χ3n) is 3.67. The number of fused-ring (bicyclic) bond motifs is 1. The Balaban J connectivity index is 1.45. The lowest BCUT2D eigenvalue weighted by molar-refractivity contribution is -0.122. The standard InChI is InChI=1S/C17H12FN3O3/c18-12-7-6-11-8-14(23-13(11)9-12)15(22)19-17-21-20-16(24-17)10-4-2-1-3-5-10/h1-7,9,14H,8H2,(H,19,21,22). The summed E-state index contributed by atoms with van der Waals surface area (Å²) in [5.74, 6) is -0.136. The first-order valence-corrected chi connectivity index (χ1v) is 7.34. The van der Waals surface area contributed by atoms with Gasteiger partial charge in [-0.2, -0.15) is 0 Å². The van der Waals surface area contributed by atoms with Gasteiger partial charge in [-0.3, -0.25) is 10.1 Å². The summed E-state index contributed by atoms with van der Waals surface area (Å²) in [6, 6.07) is 13.4. The van der Waals surface area contributed by atoms with Crippen LogP contribution < -0.4 is 10.1 Å². The van der Waals surface area contributed by atoms with Gasteiger partial charge in [0.05, 0.1) is 0 Å². The number of anilines is 1. The third-order valence-corrected chi connectivity index (χ3v) is 3.67. The summed E-state index contributed by atoms with van der Waals surface area (Å²) in [4.78, 5) is 12.3. The summed E-state index contributed by atoms with van der Waals surface area (Å²) >= 11 is 0. The number of carbonyl (C=O) groups excluding carboxylic acids is 1. The van der Waals surface area contributed by atoms with Crippen molar-refractivity contribution in [1.29, 1.82) is 0 Å². The molecule has 1 aliphatic heterocycles. The SMILES string of the molecule is O=C(Nc1nnc(-c2ccccc2)o1)C1Cc2ccc(F)cc2O1. The number of nitrogens with zero attached hydrogens (tertiary/aromatic N) is 2. The molecule has 120 valence electrons. The number of halogens is 1. The van der Waals surface area contributed by atoms with E-state index in [2.05, 4.69) is 15.5 Å². The molecule has 0 saturated heterocycles. The number of carbonyl (C=O) groups is 1. The quantitative estimate of drug-likeness (QED) is 0.801. The molecule has 4 rings (SSSR count). The van der Waals surface area contributed by atoms with E-state index in [1.807, 2.05) is 30.3 Å². The number of hydrogen-bond acceptors (Lipinski definition) is 5. The highest BCUT2D eigenvalue weighted by molar-refractivity contribution is 5.93. The Kier molecular flexibility index (Phi) is 3.45. The van der Waals surface area contributed by atoms with Crippen molar-refractivity contribution < 1.29 is 18.3 Å². The van der Waals surface area contributed by atoms with Gasteiger partial charge in [0.25, 0.3) is 5.91 Å². The van der Waals surface area contributed by atoms with Gasteiger partial charge < -0.3 is 9.15 Å². The minimum atomic E-state index is -0.756. The lowest BCUT2D eigenvalue weighted by atomic mass is 10.1. The van der Waals surface area contributed by atoms with E-state index in [1.54, 1.807) is 6.07 Å². The zero-order valence-corrected chi connectivity index (χ0v) is 12.4. The second-order valence-corrected chi connectivity index (χ2v) is 5.33. The molecule has 1 N–H and O–H groups in total. The van der Waals surface area contributed by atoms with E-state index < -0.39 is 17.8 Å². The van der Waals surface area contributed by atoms with Crippen LogP contribution in [0.3, 0.4) is 0 Å². The van der Waals surface area contributed by atoms with Crippen molar-refractivity contribution in [2.75, 3.05) is 5.32 Å². The Labute approximate surface area is 136 Å². The van der Waals surface area contributed by atoms with Gasteiger partial charge in [0.2, 0.25) is 5.89 Å². The zero-order chi connectivity index (χ0) is 16.5. The van der Waals surface area contributed by atoms with E-state index in [-0.39, 0.29) is 6.01 Å². The van der Waals surface area contributed by atoms with Crippen LogP contribution in [0.1, 0.15) is 5.56 Å². The number of benzene rings is 2. The second-order valence-electron chi connectivity index (χ2n) is 5.33. The van der Waals surface area contributed by atoms with Crippen LogP contribution in [0.4, 0.5) is 10.4 Å². The summed E-state index contributed by atoms with van der Waals surface area (Å²) < 4.78 is 24.1. The highest BCUT2D eigenvalue weighted by Crippen LogP contribution is 2.30. The summed E-state index contributed by atoms with van der Waals surface area (Å²) in [7, 11) is 0. The molecule has 24 heavy (non-hydrogen) atoms. The zero-order valence-electron chi connectivity index (χ0n) is 12.4. The smallest absolute Gasteiger partial charge is 0.322 e. The first-order valence-electron chi connectivity index (χ1n) is 7.34. The monoisotopic (exact) mass is 325 g/mol. The van der Waals surface area contributed by atoms with Gasteiger partial charge in [-0.25, -0.2) is 4.39 Å². The summed E-state index contributed by atoms with van der Waals surface area (Å²) in [5.41, 5.74) is 1.54. The molecule has 0 fully saturated rings. The molecule has 7 heteroatoms. The van der Waals surface area contributed by atoms with Gasteiger partial charge in [-0.15, -0.1) is 5.10 Å². The second kappa shape index (κ2) is 5.77. The molecule has 3 aromatic rings. The van der Waals surface area contributed by atoms with Crippen LogP contribution in [0.2, 0.25) is 0 Å². The predicted molar refractivity (Wildman–Crippen MR) is 82.9 cm³/mol. The van der Waals surface area contributed by atoms with Gasteiger partial charge in [0.15, 0.2) is 6.10 Å². The van der Waals surface area contributed by atoms with Crippen molar-refractivity contribution in [2.24, 2.45) is 0 Å².